The summed E-state index contributed by atoms with van der Waals surface area (Å²) in [6, 6.07) is 0.0496. The van der Waals surface area contributed by atoms with Crippen molar-refractivity contribution in [1.82, 2.24) is 9.97 Å². The van der Waals surface area contributed by atoms with E-state index in [2.05, 4.69) is 20.6 Å². The number of aromatic nitrogens is 2. The van der Waals surface area contributed by atoms with Crippen molar-refractivity contribution in [1.29, 1.82) is 0 Å². The van der Waals surface area contributed by atoms with Crippen LogP contribution < -0.4 is 16.4 Å². The van der Waals surface area contributed by atoms with Gasteiger partial charge in [-0.3, -0.25) is 4.79 Å². The van der Waals surface area contributed by atoms with Gasteiger partial charge in [-0.25, -0.2) is 9.37 Å². The van der Waals surface area contributed by atoms with Gasteiger partial charge < -0.3 is 26.2 Å². The van der Waals surface area contributed by atoms with Crippen LogP contribution in [0.5, 0.6) is 0 Å². The molecule has 0 spiro atoms. The van der Waals surface area contributed by atoms with Crippen molar-refractivity contribution < 1.29 is 19.0 Å². The first-order valence-electron chi connectivity index (χ1n) is 9.62. The van der Waals surface area contributed by atoms with E-state index < -0.39 is 18.7 Å². The van der Waals surface area contributed by atoms with Crippen LogP contribution in [0, 0.1) is 0 Å². The molecule has 0 saturated heterocycles. The summed E-state index contributed by atoms with van der Waals surface area (Å²) < 4.78 is 17.7. The molecule has 3 rings (SSSR count). The number of ether oxygens (including phenoxy) is 1. The van der Waals surface area contributed by atoms with Crippen LogP contribution in [-0.2, 0) is 4.74 Å². The Morgan fingerprint density at radius 1 is 1.26 bits per heavy atom. The number of nitrogens with zero attached hydrogens (tertiary/aromatic N) is 2. The molecule has 2 fully saturated rings. The predicted octanol–water partition coefficient (Wildman–Crippen LogP) is 1.61. The minimum absolute atomic E-state index is 0.109. The van der Waals surface area contributed by atoms with Crippen molar-refractivity contribution in [3.8, 4) is 0 Å². The van der Waals surface area contributed by atoms with Crippen molar-refractivity contribution in [2.45, 2.75) is 69.2 Å². The summed E-state index contributed by atoms with van der Waals surface area (Å²) in [4.78, 5) is 20.3. The van der Waals surface area contributed by atoms with Crippen LogP contribution in [0.15, 0.2) is 6.20 Å². The standard InChI is InChI=1S/C18H28FN5O3/c19-8-9-27-12-6-4-11(5-7-12)22-18-21-10-13(16(20)26)17(24-18)23-14-2-1-3-15(14)25/h10-12,14-15,25H,1-9H2,(H2,20,26)(H2,21,22,23,24)/t11-,12-,14-,15-/m0/s1. The number of aliphatic hydroxyl groups is 1. The Morgan fingerprint density at radius 3 is 2.67 bits per heavy atom. The largest absolute Gasteiger partial charge is 0.391 e. The summed E-state index contributed by atoms with van der Waals surface area (Å²) in [5, 5.41) is 16.5. The first-order chi connectivity index (χ1) is 13.1. The Labute approximate surface area is 158 Å². The van der Waals surface area contributed by atoms with Crippen LogP contribution in [-0.4, -0.2) is 58.6 Å². The number of amides is 1. The zero-order valence-electron chi connectivity index (χ0n) is 15.4. The summed E-state index contributed by atoms with van der Waals surface area (Å²) in [6.07, 6.45) is 7.00. The van der Waals surface area contributed by atoms with E-state index in [0.29, 0.717) is 11.8 Å². The van der Waals surface area contributed by atoms with E-state index in [4.69, 9.17) is 10.5 Å². The second-order valence-electron chi connectivity index (χ2n) is 7.25. The number of nitrogens with two attached hydrogens (primary N) is 1. The summed E-state index contributed by atoms with van der Waals surface area (Å²) >= 11 is 0. The first-order valence-corrected chi connectivity index (χ1v) is 9.62. The summed E-state index contributed by atoms with van der Waals surface area (Å²) in [6.45, 7) is -0.299. The quantitative estimate of drug-likeness (QED) is 0.539. The molecule has 0 bridgehead atoms. The van der Waals surface area contributed by atoms with E-state index >= 15 is 0 Å². The SMILES string of the molecule is NC(=O)c1cnc(N[C@H]2CC[C@H](OCCF)CC2)nc1N[C@H]1CCC[C@@H]1O. The van der Waals surface area contributed by atoms with Gasteiger partial charge >= 0.3 is 0 Å². The molecule has 0 radical (unpaired) electrons. The number of hydrogen-bond donors (Lipinski definition) is 4. The molecule has 5 N–H and O–H groups in total. The molecular weight excluding hydrogens is 353 g/mol. The fraction of sp³-hybridized carbons (Fsp3) is 0.722. The molecule has 2 atom stereocenters. The van der Waals surface area contributed by atoms with E-state index in [1.165, 1.54) is 6.20 Å². The molecule has 0 unspecified atom stereocenters. The Hall–Kier alpha value is -2.00. The number of anilines is 2. The van der Waals surface area contributed by atoms with E-state index in [9.17, 15) is 14.3 Å². The third kappa shape index (κ3) is 5.26. The van der Waals surface area contributed by atoms with Crippen molar-refractivity contribution in [3.05, 3.63) is 11.8 Å². The topological polar surface area (TPSA) is 122 Å². The highest BCUT2D eigenvalue weighted by Crippen LogP contribution is 2.26. The number of rotatable bonds is 8. The normalized spacial score (nSPS) is 28.1. The monoisotopic (exact) mass is 381 g/mol. The van der Waals surface area contributed by atoms with Gasteiger partial charge in [-0.2, -0.15) is 4.98 Å². The average Bonchev–Trinajstić information content (AvgIpc) is 3.06. The van der Waals surface area contributed by atoms with E-state index in [1.807, 2.05) is 0 Å². The van der Waals surface area contributed by atoms with E-state index in [0.717, 1.165) is 44.9 Å². The molecule has 27 heavy (non-hydrogen) atoms. The van der Waals surface area contributed by atoms with E-state index in [-0.39, 0.29) is 30.4 Å². The van der Waals surface area contributed by atoms with Crippen LogP contribution in [0.3, 0.4) is 0 Å². The molecule has 1 amide bonds. The van der Waals surface area contributed by atoms with Crippen LogP contribution >= 0.6 is 0 Å². The zero-order chi connectivity index (χ0) is 19.2. The van der Waals surface area contributed by atoms with Gasteiger partial charge in [0.25, 0.3) is 5.91 Å². The third-order valence-electron chi connectivity index (χ3n) is 5.29. The van der Waals surface area contributed by atoms with Crippen molar-refractivity contribution in [3.63, 3.8) is 0 Å². The predicted molar refractivity (Wildman–Crippen MR) is 99.4 cm³/mol. The molecule has 0 aromatic carbocycles. The fourth-order valence-corrected chi connectivity index (χ4v) is 3.79. The molecule has 9 heteroatoms. The van der Waals surface area contributed by atoms with Gasteiger partial charge in [-0.05, 0) is 44.9 Å². The molecule has 1 aromatic heterocycles. The molecule has 2 aliphatic rings. The number of aliphatic hydroxyl groups excluding tert-OH is 1. The minimum Gasteiger partial charge on any atom is -0.391 e. The molecule has 2 saturated carbocycles. The second kappa shape index (κ2) is 9.27. The minimum atomic E-state index is -0.609. The Morgan fingerprint density at radius 2 is 2.04 bits per heavy atom. The number of primary amides is 1. The number of nitrogens with one attached hydrogen (secondary N) is 2. The molecular formula is C18H28FN5O3. The number of halogens is 1. The van der Waals surface area contributed by atoms with Gasteiger partial charge in [0.1, 0.15) is 12.5 Å². The van der Waals surface area contributed by atoms with Crippen molar-refractivity contribution in [2.75, 3.05) is 23.9 Å². The number of hydrogen-bond acceptors (Lipinski definition) is 7. The van der Waals surface area contributed by atoms with Gasteiger partial charge in [0.05, 0.1) is 30.4 Å². The summed E-state index contributed by atoms with van der Waals surface area (Å²) in [7, 11) is 0. The first kappa shape index (κ1) is 19.8. The average molecular weight is 381 g/mol. The fourth-order valence-electron chi connectivity index (χ4n) is 3.79. The van der Waals surface area contributed by atoms with Crippen LogP contribution in [0.2, 0.25) is 0 Å². The Bertz CT molecular complexity index is 639. The molecule has 150 valence electrons. The lowest BCUT2D eigenvalue weighted by Crippen LogP contribution is -2.32. The van der Waals surface area contributed by atoms with Gasteiger partial charge in [-0.15, -0.1) is 0 Å². The molecule has 2 aliphatic carbocycles. The van der Waals surface area contributed by atoms with Gasteiger partial charge in [0.15, 0.2) is 0 Å². The van der Waals surface area contributed by atoms with Gasteiger partial charge in [0.2, 0.25) is 5.95 Å². The summed E-state index contributed by atoms with van der Waals surface area (Å²) in [5.74, 6) is 0.163. The maximum atomic E-state index is 12.2. The van der Waals surface area contributed by atoms with Crippen molar-refractivity contribution >= 4 is 17.7 Å². The Balaban J connectivity index is 1.62. The lowest BCUT2D eigenvalue weighted by Gasteiger charge is -2.29. The highest BCUT2D eigenvalue weighted by atomic mass is 19.1. The Kier molecular flexibility index (Phi) is 6.78. The number of carbonyl (C=O) groups excluding carboxylic acids is 1. The maximum absolute atomic E-state index is 12.2. The van der Waals surface area contributed by atoms with Crippen LogP contribution in [0.4, 0.5) is 16.2 Å². The molecule has 0 aliphatic heterocycles. The second-order valence-corrected chi connectivity index (χ2v) is 7.25. The summed E-state index contributed by atoms with van der Waals surface area (Å²) in [5.41, 5.74) is 5.64. The van der Waals surface area contributed by atoms with Gasteiger partial charge in [0, 0.05) is 12.2 Å². The third-order valence-corrected chi connectivity index (χ3v) is 5.29. The zero-order valence-corrected chi connectivity index (χ0v) is 15.4. The molecule has 1 heterocycles. The van der Waals surface area contributed by atoms with Crippen LogP contribution in [0.25, 0.3) is 0 Å². The smallest absolute Gasteiger partial charge is 0.254 e. The number of carbonyl (C=O) groups is 1. The van der Waals surface area contributed by atoms with Crippen molar-refractivity contribution in [2.24, 2.45) is 5.73 Å². The lowest BCUT2D eigenvalue weighted by molar-refractivity contribution is 0.0195. The molecule has 8 nitrogen and oxygen atoms in total. The highest BCUT2D eigenvalue weighted by Gasteiger charge is 2.27. The molecule has 1 aromatic rings. The van der Waals surface area contributed by atoms with E-state index in [1.54, 1.807) is 0 Å². The number of alkyl halides is 1. The highest BCUT2D eigenvalue weighted by molar-refractivity contribution is 5.97. The maximum Gasteiger partial charge on any atom is 0.254 e. The lowest BCUT2D eigenvalue weighted by atomic mass is 9.93. The van der Waals surface area contributed by atoms with Gasteiger partial charge in [-0.1, -0.05) is 0 Å². The van der Waals surface area contributed by atoms with Crippen LogP contribution in [0.1, 0.15) is 55.3 Å².